The number of carbonyl (C=O) groups excluding carboxylic acids is 1. The third-order valence-electron chi connectivity index (χ3n) is 4.87. The van der Waals surface area contributed by atoms with Crippen LogP contribution in [-0.2, 0) is 27.1 Å². The maximum absolute atomic E-state index is 13.6. The molecule has 1 aliphatic rings. The van der Waals surface area contributed by atoms with Crippen molar-refractivity contribution >= 4 is 31.9 Å². The number of piperidine rings is 1. The minimum Gasteiger partial charge on any atom is -0.352 e. The Morgan fingerprint density at radius 3 is 2.54 bits per heavy atom. The van der Waals surface area contributed by atoms with Crippen molar-refractivity contribution in [3.63, 3.8) is 0 Å². The van der Waals surface area contributed by atoms with Gasteiger partial charge < -0.3 is 5.32 Å². The zero-order chi connectivity index (χ0) is 20.1. The van der Waals surface area contributed by atoms with Crippen LogP contribution in [0.5, 0.6) is 0 Å². The molecule has 1 fully saturated rings. The molecule has 8 heteroatoms. The van der Waals surface area contributed by atoms with Crippen LogP contribution in [0.2, 0.25) is 0 Å². The molecule has 1 N–H and O–H groups in total. The molecule has 0 saturated carbocycles. The average molecular weight is 469 g/mol. The molecule has 0 atom stereocenters. The Balaban J connectivity index is 1.52. The molecule has 3 rings (SSSR count). The highest BCUT2D eigenvalue weighted by molar-refractivity contribution is 9.10. The van der Waals surface area contributed by atoms with E-state index in [0.29, 0.717) is 31.5 Å². The van der Waals surface area contributed by atoms with Gasteiger partial charge in [0.15, 0.2) is 0 Å². The maximum Gasteiger partial charge on any atom is 0.223 e. The highest BCUT2D eigenvalue weighted by Gasteiger charge is 2.31. The number of carbonyl (C=O) groups is 1. The molecule has 1 saturated heterocycles. The molecule has 0 unspecified atom stereocenters. The van der Waals surface area contributed by atoms with Crippen molar-refractivity contribution in [3.8, 4) is 0 Å². The summed E-state index contributed by atoms with van der Waals surface area (Å²) < 4.78 is 41.3. The van der Waals surface area contributed by atoms with Crippen molar-refractivity contribution in [2.45, 2.75) is 25.1 Å². The summed E-state index contributed by atoms with van der Waals surface area (Å²) in [5.74, 6) is -0.830. The second-order valence-corrected chi connectivity index (χ2v) is 9.75. The Labute approximate surface area is 173 Å². The van der Waals surface area contributed by atoms with Crippen LogP contribution in [0, 0.1) is 11.7 Å². The van der Waals surface area contributed by atoms with Crippen molar-refractivity contribution in [2.24, 2.45) is 5.92 Å². The predicted molar refractivity (Wildman–Crippen MR) is 109 cm³/mol. The van der Waals surface area contributed by atoms with E-state index < -0.39 is 10.0 Å². The van der Waals surface area contributed by atoms with E-state index in [2.05, 4.69) is 21.2 Å². The fourth-order valence-electron chi connectivity index (χ4n) is 3.29. The zero-order valence-corrected chi connectivity index (χ0v) is 17.7. The third kappa shape index (κ3) is 5.40. The molecule has 0 aliphatic carbocycles. The molecule has 150 valence electrons. The largest absolute Gasteiger partial charge is 0.352 e. The Morgan fingerprint density at radius 2 is 1.86 bits per heavy atom. The van der Waals surface area contributed by atoms with Crippen LogP contribution < -0.4 is 5.32 Å². The van der Waals surface area contributed by atoms with Gasteiger partial charge in [-0.15, -0.1) is 0 Å². The van der Waals surface area contributed by atoms with Gasteiger partial charge in [0.25, 0.3) is 0 Å². The quantitative estimate of drug-likeness (QED) is 0.705. The Bertz CT molecular complexity index is 944. The molecule has 1 heterocycles. The molecule has 28 heavy (non-hydrogen) atoms. The summed E-state index contributed by atoms with van der Waals surface area (Å²) in [4.78, 5) is 12.4. The highest BCUT2D eigenvalue weighted by atomic mass is 79.9. The van der Waals surface area contributed by atoms with Crippen LogP contribution in [0.4, 0.5) is 4.39 Å². The van der Waals surface area contributed by atoms with Crippen LogP contribution in [0.25, 0.3) is 0 Å². The van der Waals surface area contributed by atoms with E-state index in [4.69, 9.17) is 0 Å². The molecule has 2 aromatic rings. The van der Waals surface area contributed by atoms with Gasteiger partial charge in [-0.2, -0.15) is 0 Å². The van der Waals surface area contributed by atoms with Crippen molar-refractivity contribution in [3.05, 3.63) is 69.9 Å². The third-order valence-corrected chi connectivity index (χ3v) is 7.21. The normalized spacial score (nSPS) is 16.1. The molecule has 1 aliphatic heterocycles. The fraction of sp³-hybridized carbons (Fsp3) is 0.350. The summed E-state index contributed by atoms with van der Waals surface area (Å²) in [6.07, 6.45) is 0.918. The van der Waals surface area contributed by atoms with Crippen molar-refractivity contribution < 1.29 is 17.6 Å². The molecule has 2 aromatic carbocycles. The average Bonchev–Trinajstić information content (AvgIpc) is 2.67. The van der Waals surface area contributed by atoms with E-state index in [1.807, 2.05) is 6.07 Å². The second kappa shape index (κ2) is 9.15. The zero-order valence-electron chi connectivity index (χ0n) is 15.3. The van der Waals surface area contributed by atoms with E-state index in [-0.39, 0.29) is 29.9 Å². The number of nitrogens with one attached hydrogen (secondary N) is 1. The Morgan fingerprint density at radius 1 is 1.14 bits per heavy atom. The van der Waals surface area contributed by atoms with Crippen LogP contribution >= 0.6 is 15.9 Å². The highest BCUT2D eigenvalue weighted by Crippen LogP contribution is 2.23. The summed E-state index contributed by atoms with van der Waals surface area (Å²) in [6, 6.07) is 13.5. The van der Waals surface area contributed by atoms with Crippen LogP contribution in [0.15, 0.2) is 53.0 Å². The summed E-state index contributed by atoms with van der Waals surface area (Å²) in [5.41, 5.74) is 1.16. The lowest BCUT2D eigenvalue weighted by Gasteiger charge is -2.30. The number of rotatable bonds is 6. The first kappa shape index (κ1) is 21.0. The molecule has 5 nitrogen and oxygen atoms in total. The molecular formula is C20H22BrFN2O3S. The molecule has 0 radical (unpaired) electrons. The number of sulfonamides is 1. The number of hydrogen-bond acceptors (Lipinski definition) is 3. The van der Waals surface area contributed by atoms with Gasteiger partial charge in [0.05, 0.1) is 5.75 Å². The molecular weight excluding hydrogens is 447 g/mol. The Kier molecular flexibility index (Phi) is 6.85. The standard InChI is InChI=1S/C20H22BrFN2O3S/c21-18-6-3-4-15(12-18)14-28(26,27)24-10-8-16(9-11-24)20(25)23-13-17-5-1-2-7-19(17)22/h1-7,12,16H,8-11,13-14H2,(H,23,25). The van der Waals surface area contributed by atoms with E-state index in [1.165, 1.54) is 10.4 Å². The molecule has 0 bridgehead atoms. The lowest BCUT2D eigenvalue weighted by molar-refractivity contribution is -0.126. The van der Waals surface area contributed by atoms with E-state index in [0.717, 1.165) is 10.0 Å². The number of benzene rings is 2. The lowest BCUT2D eigenvalue weighted by Crippen LogP contribution is -2.43. The van der Waals surface area contributed by atoms with Crippen molar-refractivity contribution in [1.82, 2.24) is 9.62 Å². The van der Waals surface area contributed by atoms with E-state index >= 15 is 0 Å². The van der Waals surface area contributed by atoms with Crippen LogP contribution in [-0.4, -0.2) is 31.7 Å². The summed E-state index contributed by atoms with van der Waals surface area (Å²) >= 11 is 3.35. The molecule has 0 aromatic heterocycles. The fourth-order valence-corrected chi connectivity index (χ4v) is 5.29. The smallest absolute Gasteiger partial charge is 0.223 e. The predicted octanol–water partition coefficient (Wildman–Crippen LogP) is 3.45. The SMILES string of the molecule is O=C(NCc1ccccc1F)C1CCN(S(=O)(=O)Cc2cccc(Br)c2)CC1. The summed E-state index contributed by atoms with van der Waals surface area (Å²) in [5, 5.41) is 2.76. The minimum atomic E-state index is -3.43. The van der Waals surface area contributed by atoms with Gasteiger partial charge in [0, 0.05) is 35.6 Å². The monoisotopic (exact) mass is 468 g/mol. The van der Waals surface area contributed by atoms with Gasteiger partial charge in [0.1, 0.15) is 5.82 Å². The second-order valence-electron chi connectivity index (χ2n) is 6.87. The van der Waals surface area contributed by atoms with Crippen LogP contribution in [0.1, 0.15) is 24.0 Å². The summed E-state index contributed by atoms with van der Waals surface area (Å²) in [7, 11) is -3.43. The maximum atomic E-state index is 13.6. The van der Waals surface area contributed by atoms with Gasteiger partial charge in [-0.3, -0.25) is 4.79 Å². The first-order valence-corrected chi connectivity index (χ1v) is 11.5. The Hall–Kier alpha value is -1.77. The van der Waals surface area contributed by atoms with Gasteiger partial charge in [-0.05, 0) is 36.6 Å². The van der Waals surface area contributed by atoms with E-state index in [1.54, 1.807) is 36.4 Å². The first-order chi connectivity index (χ1) is 13.3. The topological polar surface area (TPSA) is 66.5 Å². The van der Waals surface area contributed by atoms with E-state index in [9.17, 15) is 17.6 Å². The number of nitrogens with zero attached hydrogens (tertiary/aromatic N) is 1. The van der Waals surface area contributed by atoms with Gasteiger partial charge in [-0.25, -0.2) is 17.1 Å². The summed E-state index contributed by atoms with van der Waals surface area (Å²) in [6.45, 7) is 0.759. The number of hydrogen-bond donors (Lipinski definition) is 1. The number of halogens is 2. The minimum absolute atomic E-state index is 0.0589. The van der Waals surface area contributed by atoms with Crippen molar-refractivity contribution in [2.75, 3.05) is 13.1 Å². The van der Waals surface area contributed by atoms with Gasteiger partial charge in [-0.1, -0.05) is 46.3 Å². The van der Waals surface area contributed by atoms with Gasteiger partial charge in [0.2, 0.25) is 15.9 Å². The first-order valence-electron chi connectivity index (χ1n) is 9.08. The lowest BCUT2D eigenvalue weighted by atomic mass is 9.97. The van der Waals surface area contributed by atoms with Crippen molar-refractivity contribution in [1.29, 1.82) is 0 Å². The number of amides is 1. The van der Waals surface area contributed by atoms with Crippen LogP contribution in [0.3, 0.4) is 0 Å². The molecule has 1 amide bonds. The molecule has 0 spiro atoms. The van der Waals surface area contributed by atoms with Gasteiger partial charge >= 0.3 is 0 Å².